The van der Waals surface area contributed by atoms with E-state index in [1.807, 2.05) is 0 Å². The molecule has 4 heterocycles. The van der Waals surface area contributed by atoms with Gasteiger partial charge < -0.3 is 19.5 Å². The summed E-state index contributed by atoms with van der Waals surface area (Å²) in [6.45, 7) is 6.53. The summed E-state index contributed by atoms with van der Waals surface area (Å²) < 4.78 is 7.69. The Morgan fingerprint density at radius 1 is 1.17 bits per heavy atom. The minimum Gasteiger partial charge on any atom is -0.350 e. The van der Waals surface area contributed by atoms with Crippen LogP contribution in [0.4, 0.5) is 5.95 Å². The number of amides is 1. The molecule has 2 saturated heterocycles. The van der Waals surface area contributed by atoms with Crippen molar-refractivity contribution in [1.82, 2.24) is 25.3 Å². The van der Waals surface area contributed by atoms with Crippen molar-refractivity contribution >= 4 is 22.8 Å². The second-order valence-electron chi connectivity index (χ2n) is 9.91. The van der Waals surface area contributed by atoms with Crippen molar-refractivity contribution in [2.24, 2.45) is 13.0 Å². The summed E-state index contributed by atoms with van der Waals surface area (Å²) in [7, 11) is 2.12. The highest BCUT2D eigenvalue weighted by molar-refractivity contribution is 5.92. The third kappa shape index (κ3) is 5.69. The number of anilines is 1. The summed E-state index contributed by atoms with van der Waals surface area (Å²) in [5, 5.41) is 5.01. The number of nitrogens with one attached hydrogen (secondary N) is 2. The van der Waals surface area contributed by atoms with E-state index < -0.39 is 0 Å². The van der Waals surface area contributed by atoms with E-state index in [0.29, 0.717) is 24.0 Å². The molecule has 0 aliphatic carbocycles. The van der Waals surface area contributed by atoms with Crippen LogP contribution < -0.4 is 15.7 Å². The summed E-state index contributed by atoms with van der Waals surface area (Å²) in [5.41, 5.74) is 6.80. The largest absolute Gasteiger partial charge is 0.350 e. The normalized spacial score (nSPS) is 19.1. The Hall–Kier alpha value is -3.01. The lowest BCUT2D eigenvalue weighted by atomic mass is 9.97. The fraction of sp³-hybridized carbons (Fsp3) is 0.519. The average Bonchev–Trinajstić information content (AvgIpc) is 3.24. The fourth-order valence-electron chi connectivity index (χ4n) is 5.23. The maximum Gasteiger partial charge on any atom is 0.278 e. The molecular formula is C27H36N6O3. The maximum atomic E-state index is 12.3. The number of carbonyl (C=O) groups is 1. The molecule has 36 heavy (non-hydrogen) atoms. The zero-order chi connectivity index (χ0) is 24.9. The minimum absolute atomic E-state index is 0.359. The van der Waals surface area contributed by atoms with Gasteiger partial charge in [-0.3, -0.25) is 4.79 Å². The molecule has 192 valence electrons. The monoisotopic (exact) mass is 492 g/mol. The van der Waals surface area contributed by atoms with Crippen molar-refractivity contribution in [3.05, 3.63) is 53.5 Å². The van der Waals surface area contributed by atoms with Crippen LogP contribution in [-0.4, -0.2) is 53.0 Å². The summed E-state index contributed by atoms with van der Waals surface area (Å²) in [4.78, 5) is 28.7. The van der Waals surface area contributed by atoms with Crippen LogP contribution in [0.5, 0.6) is 0 Å². The first-order valence-electron chi connectivity index (χ1n) is 13.0. The van der Waals surface area contributed by atoms with Gasteiger partial charge in [0, 0.05) is 63.7 Å². The Kier molecular flexibility index (Phi) is 7.79. The Bertz CT molecular complexity index is 1160. The lowest BCUT2D eigenvalue weighted by Crippen LogP contribution is -2.38. The molecule has 0 radical (unpaired) electrons. The van der Waals surface area contributed by atoms with E-state index in [1.165, 1.54) is 22.0 Å². The van der Waals surface area contributed by atoms with Crippen LogP contribution in [0.2, 0.25) is 0 Å². The van der Waals surface area contributed by atoms with Crippen LogP contribution in [0, 0.1) is 12.8 Å². The molecule has 1 amide bonds. The molecule has 5 rings (SSSR count). The second-order valence-corrected chi connectivity index (χ2v) is 9.91. The Labute approximate surface area is 212 Å². The van der Waals surface area contributed by atoms with Gasteiger partial charge in [-0.25, -0.2) is 20.3 Å². The summed E-state index contributed by atoms with van der Waals surface area (Å²) in [6.07, 6.45) is 10.00. The number of nitrogens with zero attached hydrogens (tertiary/aromatic N) is 4. The quantitative estimate of drug-likeness (QED) is 0.465. The molecule has 1 unspecified atom stereocenters. The molecule has 2 fully saturated rings. The molecule has 1 aromatic carbocycles. The van der Waals surface area contributed by atoms with Gasteiger partial charge in [-0.15, -0.1) is 0 Å². The van der Waals surface area contributed by atoms with E-state index in [9.17, 15) is 4.79 Å². The van der Waals surface area contributed by atoms with E-state index >= 15 is 0 Å². The van der Waals surface area contributed by atoms with Crippen molar-refractivity contribution in [2.75, 3.05) is 31.1 Å². The molecule has 9 nitrogen and oxygen atoms in total. The number of fused-ring (bicyclic) bond motifs is 1. The predicted octanol–water partition coefficient (Wildman–Crippen LogP) is 3.47. The molecule has 0 spiro atoms. The average molecular weight is 493 g/mol. The van der Waals surface area contributed by atoms with Crippen LogP contribution in [0.3, 0.4) is 0 Å². The summed E-state index contributed by atoms with van der Waals surface area (Å²) in [5.74, 6) is 0.935. The molecule has 2 aliphatic rings. The third-order valence-electron chi connectivity index (χ3n) is 7.25. The SMILES string of the molecule is Cc1cccc2c(CNCC3CCN(c4ncc(C(=O)NOC5CCCCO5)cn4)CC3)cn(C)c12. The number of hydrogen-bond donors (Lipinski definition) is 2. The van der Waals surface area contributed by atoms with E-state index in [1.54, 1.807) is 12.4 Å². The number of piperidine rings is 1. The number of hydroxylamine groups is 1. The lowest BCUT2D eigenvalue weighted by Gasteiger charge is -2.32. The number of para-hydroxylation sites is 1. The number of hydrogen-bond acceptors (Lipinski definition) is 7. The summed E-state index contributed by atoms with van der Waals surface area (Å²) >= 11 is 0. The van der Waals surface area contributed by atoms with Crippen LogP contribution in [0.25, 0.3) is 10.9 Å². The van der Waals surface area contributed by atoms with Gasteiger partial charge in [0.25, 0.3) is 5.91 Å². The molecular weight excluding hydrogens is 456 g/mol. The molecule has 2 N–H and O–H groups in total. The fourth-order valence-corrected chi connectivity index (χ4v) is 5.23. The zero-order valence-electron chi connectivity index (χ0n) is 21.2. The van der Waals surface area contributed by atoms with Gasteiger partial charge in [0.05, 0.1) is 11.1 Å². The first-order valence-corrected chi connectivity index (χ1v) is 13.0. The molecule has 3 aromatic rings. The van der Waals surface area contributed by atoms with Crippen molar-refractivity contribution in [2.45, 2.75) is 51.9 Å². The highest BCUT2D eigenvalue weighted by atomic mass is 16.8. The topological polar surface area (TPSA) is 93.5 Å². The molecule has 2 aliphatic heterocycles. The van der Waals surface area contributed by atoms with E-state index in [0.717, 1.165) is 58.3 Å². The van der Waals surface area contributed by atoms with E-state index in [2.05, 4.69) is 68.6 Å². The van der Waals surface area contributed by atoms with Gasteiger partial charge in [0.2, 0.25) is 5.95 Å². The Morgan fingerprint density at radius 2 is 1.97 bits per heavy atom. The highest BCUT2D eigenvalue weighted by Crippen LogP contribution is 2.24. The molecule has 9 heteroatoms. The van der Waals surface area contributed by atoms with Crippen LogP contribution in [0.15, 0.2) is 36.8 Å². The minimum atomic E-state index is -0.380. The van der Waals surface area contributed by atoms with Crippen molar-refractivity contribution in [1.29, 1.82) is 0 Å². The smallest absolute Gasteiger partial charge is 0.278 e. The summed E-state index contributed by atoms with van der Waals surface area (Å²) in [6, 6.07) is 6.52. The molecule has 1 atom stereocenters. The lowest BCUT2D eigenvalue weighted by molar-refractivity contribution is -0.186. The number of carbonyl (C=O) groups excluding carboxylic acids is 1. The number of benzene rings is 1. The molecule has 0 bridgehead atoms. The van der Waals surface area contributed by atoms with E-state index in [-0.39, 0.29) is 12.2 Å². The number of rotatable bonds is 8. The zero-order valence-corrected chi connectivity index (χ0v) is 21.2. The standard InChI is InChI=1S/C27H36N6O3/c1-19-6-5-7-23-22(18-32(2)25(19)23)15-28-14-20-9-11-33(12-10-20)27-29-16-21(17-30-27)26(34)31-36-24-8-3-4-13-35-24/h5-7,16-18,20,24,28H,3-4,8-15H2,1-2H3,(H,31,34). The maximum absolute atomic E-state index is 12.3. The van der Waals surface area contributed by atoms with Crippen LogP contribution >= 0.6 is 0 Å². The van der Waals surface area contributed by atoms with Crippen molar-refractivity contribution in [3.63, 3.8) is 0 Å². The van der Waals surface area contributed by atoms with Gasteiger partial charge in [0.1, 0.15) is 0 Å². The first-order chi connectivity index (χ1) is 17.6. The van der Waals surface area contributed by atoms with Gasteiger partial charge in [-0.1, -0.05) is 18.2 Å². The van der Waals surface area contributed by atoms with Gasteiger partial charge in [-0.2, -0.15) is 0 Å². The first kappa shape index (κ1) is 24.7. The van der Waals surface area contributed by atoms with Gasteiger partial charge in [-0.05, 0) is 56.2 Å². The van der Waals surface area contributed by atoms with Crippen molar-refractivity contribution < 1.29 is 14.4 Å². The van der Waals surface area contributed by atoms with Crippen LogP contribution in [0.1, 0.15) is 53.6 Å². The van der Waals surface area contributed by atoms with Crippen molar-refractivity contribution in [3.8, 4) is 0 Å². The van der Waals surface area contributed by atoms with Gasteiger partial charge in [0.15, 0.2) is 6.29 Å². The second kappa shape index (κ2) is 11.4. The number of ether oxygens (including phenoxy) is 1. The Balaban J connectivity index is 1.06. The number of aromatic nitrogens is 3. The van der Waals surface area contributed by atoms with Crippen LogP contribution in [-0.2, 0) is 23.2 Å². The highest BCUT2D eigenvalue weighted by Gasteiger charge is 2.22. The molecule has 0 saturated carbocycles. The third-order valence-corrected chi connectivity index (χ3v) is 7.25. The van der Waals surface area contributed by atoms with E-state index in [4.69, 9.17) is 9.57 Å². The Morgan fingerprint density at radius 3 is 2.72 bits per heavy atom. The molecule has 2 aromatic heterocycles. The number of aryl methyl sites for hydroxylation is 2. The predicted molar refractivity (Wildman–Crippen MR) is 138 cm³/mol. The van der Waals surface area contributed by atoms with Gasteiger partial charge >= 0.3 is 0 Å².